The lowest BCUT2D eigenvalue weighted by molar-refractivity contribution is 0.104. The third-order valence-electron chi connectivity index (χ3n) is 5.90. The first-order valence-electron chi connectivity index (χ1n) is 9.65. The molecular weight excluding hydrogens is 420 g/mol. The minimum Gasteiger partial charge on any atom is -0.494 e. The van der Waals surface area contributed by atoms with E-state index in [0.29, 0.717) is 20.8 Å². The van der Waals surface area contributed by atoms with Crippen molar-refractivity contribution in [3.8, 4) is 17.0 Å². The number of hydrogen-bond donors (Lipinski definition) is 3. The zero-order chi connectivity index (χ0) is 21.0. The Labute approximate surface area is 182 Å². The van der Waals surface area contributed by atoms with Gasteiger partial charge in [-0.1, -0.05) is 35.9 Å². The summed E-state index contributed by atoms with van der Waals surface area (Å²) >= 11 is 7.83. The van der Waals surface area contributed by atoms with Crippen molar-refractivity contribution in [2.75, 3.05) is 6.61 Å². The van der Waals surface area contributed by atoms with Crippen molar-refractivity contribution >= 4 is 39.6 Å². The van der Waals surface area contributed by atoms with Crippen LogP contribution in [-0.4, -0.2) is 32.6 Å². The molecule has 0 radical (unpaired) electrons. The van der Waals surface area contributed by atoms with Gasteiger partial charge in [-0.05, 0) is 43.0 Å². The predicted octanol–water partition coefficient (Wildman–Crippen LogP) is 5.21. The van der Waals surface area contributed by atoms with Crippen LogP contribution in [0.4, 0.5) is 0 Å². The van der Waals surface area contributed by atoms with E-state index in [-0.39, 0.29) is 29.2 Å². The van der Waals surface area contributed by atoms with Gasteiger partial charge in [0.25, 0.3) is 0 Å². The number of ketones is 1. The highest BCUT2D eigenvalue weighted by molar-refractivity contribution is 7.13. The molecule has 0 unspecified atom stereocenters. The number of aryl methyl sites for hydroxylation is 1. The Bertz CT molecular complexity index is 1290. The lowest BCUT2D eigenvalue weighted by Crippen LogP contribution is -2.11. The number of aromatic amines is 1. The van der Waals surface area contributed by atoms with Crippen LogP contribution < -0.4 is 0 Å². The molecule has 0 saturated heterocycles. The number of benzene rings is 2. The zero-order valence-corrected chi connectivity index (χ0v) is 17.8. The van der Waals surface area contributed by atoms with Crippen LogP contribution in [-0.2, 0) is 5.41 Å². The van der Waals surface area contributed by atoms with Crippen molar-refractivity contribution in [2.24, 2.45) is 0 Å². The fourth-order valence-electron chi connectivity index (χ4n) is 3.93. The first kappa shape index (κ1) is 19.3. The highest BCUT2D eigenvalue weighted by Gasteiger charge is 2.43. The first-order valence-corrected chi connectivity index (χ1v) is 10.8. The van der Waals surface area contributed by atoms with Crippen LogP contribution in [0.2, 0.25) is 5.02 Å². The quantitative estimate of drug-likeness (QED) is 0.373. The van der Waals surface area contributed by atoms with E-state index in [1.54, 1.807) is 6.07 Å². The third-order valence-corrected chi connectivity index (χ3v) is 7.13. The number of halogens is 1. The lowest BCUT2D eigenvalue weighted by atomic mass is 9.94. The molecule has 152 valence electrons. The van der Waals surface area contributed by atoms with Crippen LogP contribution in [0, 0.1) is 6.92 Å². The molecule has 4 aromatic rings. The Balaban J connectivity index is 1.60. The molecule has 0 amide bonds. The summed E-state index contributed by atoms with van der Waals surface area (Å²) in [6.07, 6.45) is 3.53. The van der Waals surface area contributed by atoms with E-state index in [4.69, 9.17) is 11.6 Å². The molecule has 1 fully saturated rings. The second kappa shape index (κ2) is 6.94. The molecule has 2 aromatic carbocycles. The van der Waals surface area contributed by atoms with E-state index < -0.39 is 0 Å². The van der Waals surface area contributed by atoms with Crippen molar-refractivity contribution < 1.29 is 15.0 Å². The molecular formula is C23H19ClN2O3S. The summed E-state index contributed by atoms with van der Waals surface area (Å²) < 4.78 is 0. The molecule has 1 aliphatic carbocycles. The summed E-state index contributed by atoms with van der Waals surface area (Å²) in [6, 6.07) is 11.6. The highest BCUT2D eigenvalue weighted by Crippen LogP contribution is 2.48. The van der Waals surface area contributed by atoms with Gasteiger partial charge in [-0.3, -0.25) is 4.79 Å². The maximum atomic E-state index is 13.0. The van der Waals surface area contributed by atoms with Gasteiger partial charge in [-0.15, -0.1) is 11.3 Å². The Hall–Kier alpha value is -2.67. The van der Waals surface area contributed by atoms with Crippen LogP contribution in [0.5, 0.6) is 5.88 Å². The van der Waals surface area contributed by atoms with E-state index in [2.05, 4.69) is 9.97 Å². The van der Waals surface area contributed by atoms with Gasteiger partial charge in [0, 0.05) is 22.6 Å². The van der Waals surface area contributed by atoms with Crippen LogP contribution >= 0.6 is 22.9 Å². The van der Waals surface area contributed by atoms with Crippen molar-refractivity contribution in [2.45, 2.75) is 25.2 Å². The maximum absolute atomic E-state index is 13.0. The van der Waals surface area contributed by atoms with Gasteiger partial charge in [0.15, 0.2) is 0 Å². The minimum absolute atomic E-state index is 0.0921. The Morgan fingerprint density at radius 2 is 2.00 bits per heavy atom. The number of carbonyl (C=O) groups excluding carboxylic acids is 1. The number of aliphatic hydroxyl groups is 1. The molecule has 0 atom stereocenters. The van der Waals surface area contributed by atoms with E-state index in [1.807, 2.05) is 37.3 Å². The molecule has 2 aromatic heterocycles. The average Bonchev–Trinajstić information content (AvgIpc) is 3.32. The summed E-state index contributed by atoms with van der Waals surface area (Å²) in [5.74, 6) is -0.449. The number of aliphatic hydroxyl groups excluding tert-OH is 1. The van der Waals surface area contributed by atoms with Crippen LogP contribution in [0.3, 0.4) is 0 Å². The number of rotatable bonds is 5. The minimum atomic E-state index is -0.272. The predicted molar refractivity (Wildman–Crippen MR) is 119 cm³/mol. The fraction of sp³-hybridized carbons (Fsp3) is 0.217. The third kappa shape index (κ3) is 3.03. The first-order chi connectivity index (χ1) is 14.4. The van der Waals surface area contributed by atoms with Gasteiger partial charge in [0.05, 0.1) is 32.6 Å². The summed E-state index contributed by atoms with van der Waals surface area (Å²) in [4.78, 5) is 20.5. The largest absolute Gasteiger partial charge is 0.494 e. The van der Waals surface area contributed by atoms with Gasteiger partial charge >= 0.3 is 0 Å². The van der Waals surface area contributed by atoms with Gasteiger partial charge in [0.1, 0.15) is 0 Å². The molecule has 3 N–H and O–H groups in total. The fourth-order valence-corrected chi connectivity index (χ4v) is 4.93. The van der Waals surface area contributed by atoms with Gasteiger partial charge in [-0.2, -0.15) is 0 Å². The Morgan fingerprint density at radius 1 is 1.27 bits per heavy atom. The molecule has 0 aliphatic heterocycles. The Kier molecular flexibility index (Phi) is 4.47. The van der Waals surface area contributed by atoms with Gasteiger partial charge in [-0.25, -0.2) is 4.98 Å². The van der Waals surface area contributed by atoms with Gasteiger partial charge in [0.2, 0.25) is 11.7 Å². The van der Waals surface area contributed by atoms with Crippen molar-refractivity contribution in [3.05, 3.63) is 68.6 Å². The summed E-state index contributed by atoms with van der Waals surface area (Å²) in [5.41, 5.74) is 3.54. The smallest absolute Gasteiger partial charge is 0.210 e. The summed E-state index contributed by atoms with van der Waals surface area (Å²) in [5, 5.41) is 22.0. The van der Waals surface area contributed by atoms with Crippen molar-refractivity contribution in [1.82, 2.24) is 9.97 Å². The highest BCUT2D eigenvalue weighted by atomic mass is 35.5. The molecule has 1 saturated carbocycles. The number of nitrogens with zero attached hydrogens (tertiary/aromatic N) is 1. The van der Waals surface area contributed by atoms with Crippen LogP contribution in [0.15, 0.2) is 42.6 Å². The van der Waals surface area contributed by atoms with E-state index >= 15 is 0 Å². The second-order valence-electron chi connectivity index (χ2n) is 7.81. The van der Waals surface area contributed by atoms with Crippen LogP contribution in [0.25, 0.3) is 22.0 Å². The van der Waals surface area contributed by atoms with E-state index in [9.17, 15) is 15.0 Å². The van der Waals surface area contributed by atoms with Crippen molar-refractivity contribution in [1.29, 1.82) is 0 Å². The lowest BCUT2D eigenvalue weighted by Gasteiger charge is -2.13. The number of fused-ring (bicyclic) bond motifs is 1. The normalized spacial score (nSPS) is 14.9. The molecule has 0 spiro atoms. The molecule has 7 heteroatoms. The standard InChI is InChI=1S/C23H19ClN2O3S/c1-12-25-10-19(30-12)21(28)20-16-8-15(17(24)9-18(16)26-22(20)29)13-2-4-14(5-3-13)23(11-27)6-7-23/h2-5,8-10,26-27,29H,6-7,11H2,1H3. The second-order valence-corrected chi connectivity index (χ2v) is 9.46. The molecule has 2 heterocycles. The van der Waals surface area contributed by atoms with Gasteiger partial charge < -0.3 is 15.2 Å². The number of nitrogens with one attached hydrogen (secondary N) is 1. The topological polar surface area (TPSA) is 86.2 Å². The summed E-state index contributed by atoms with van der Waals surface area (Å²) in [7, 11) is 0. The number of hydrogen-bond acceptors (Lipinski definition) is 5. The Morgan fingerprint density at radius 3 is 2.60 bits per heavy atom. The number of carbonyl (C=O) groups is 1. The number of H-pyrrole nitrogens is 1. The number of aromatic hydroxyl groups is 1. The molecule has 0 bridgehead atoms. The average molecular weight is 439 g/mol. The zero-order valence-electron chi connectivity index (χ0n) is 16.2. The van der Waals surface area contributed by atoms with Crippen LogP contribution in [0.1, 0.15) is 38.6 Å². The molecule has 30 heavy (non-hydrogen) atoms. The maximum Gasteiger partial charge on any atom is 0.210 e. The SMILES string of the molecule is Cc1ncc(C(=O)c2c(O)[nH]c3cc(Cl)c(-c4ccc(C5(CO)CC5)cc4)cc23)s1. The molecule has 5 rings (SSSR count). The number of thiazole rings is 1. The van der Waals surface area contributed by atoms with E-state index in [0.717, 1.165) is 34.5 Å². The summed E-state index contributed by atoms with van der Waals surface area (Å²) in [6.45, 7) is 1.99. The van der Waals surface area contributed by atoms with Crippen molar-refractivity contribution in [3.63, 3.8) is 0 Å². The molecule has 5 nitrogen and oxygen atoms in total. The monoisotopic (exact) mass is 438 g/mol. The van der Waals surface area contributed by atoms with E-state index in [1.165, 1.54) is 17.5 Å². The molecule has 1 aliphatic rings. The number of aromatic nitrogens is 2.